The fourth-order valence-electron chi connectivity index (χ4n) is 1.43. The van der Waals surface area contributed by atoms with Crippen LogP contribution in [0.4, 0.5) is 0 Å². The summed E-state index contributed by atoms with van der Waals surface area (Å²) < 4.78 is 1.81. The molecular weight excluding hydrogens is 387 g/mol. The average molecular weight is 395 g/mol. The van der Waals surface area contributed by atoms with Crippen molar-refractivity contribution >= 4 is 60.6 Å². The molecule has 0 bridgehead atoms. The number of thiophene rings is 1. The van der Waals surface area contributed by atoms with Gasteiger partial charge >= 0.3 is 0 Å². The number of benzene rings is 1. The second-order valence-corrected chi connectivity index (χ2v) is 7.18. The summed E-state index contributed by atoms with van der Waals surface area (Å²) in [6.07, 6.45) is 0. The average Bonchev–Trinajstić information content (AvgIpc) is 2.62. The van der Waals surface area contributed by atoms with Crippen LogP contribution in [0, 0.1) is 6.92 Å². The molecule has 0 saturated carbocycles. The van der Waals surface area contributed by atoms with Crippen LogP contribution >= 0.6 is 54.8 Å². The van der Waals surface area contributed by atoms with Crippen molar-refractivity contribution in [1.82, 2.24) is 0 Å². The number of hydrogen-bond acceptors (Lipinski definition) is 2. The molecule has 1 aromatic heterocycles. The van der Waals surface area contributed by atoms with Gasteiger partial charge in [-0.05, 0) is 62.5 Å². The Hall–Kier alpha value is -0.160. The van der Waals surface area contributed by atoms with Gasteiger partial charge in [0.05, 0.1) is 8.66 Å². The number of carbonyl (C=O) groups excluding carboxylic acids is 1. The van der Waals surface area contributed by atoms with E-state index in [2.05, 4.69) is 31.9 Å². The maximum absolute atomic E-state index is 12.3. The van der Waals surface area contributed by atoms with E-state index >= 15 is 0 Å². The third kappa shape index (κ3) is 2.81. The molecule has 17 heavy (non-hydrogen) atoms. The van der Waals surface area contributed by atoms with Gasteiger partial charge in [0, 0.05) is 15.1 Å². The van der Waals surface area contributed by atoms with Gasteiger partial charge in [0.25, 0.3) is 0 Å². The van der Waals surface area contributed by atoms with Crippen molar-refractivity contribution in [2.75, 3.05) is 0 Å². The number of ketones is 1. The Labute approximate surface area is 125 Å². The van der Waals surface area contributed by atoms with E-state index in [9.17, 15) is 4.79 Å². The lowest BCUT2D eigenvalue weighted by molar-refractivity contribution is 0.104. The van der Waals surface area contributed by atoms with E-state index < -0.39 is 0 Å². The molecule has 0 aliphatic heterocycles. The van der Waals surface area contributed by atoms with Gasteiger partial charge in [0.15, 0.2) is 0 Å². The first-order valence-corrected chi connectivity index (χ1v) is 7.53. The van der Waals surface area contributed by atoms with E-state index in [1.54, 1.807) is 12.1 Å². The molecule has 0 N–H and O–H groups in total. The van der Waals surface area contributed by atoms with E-state index in [4.69, 9.17) is 11.6 Å². The molecule has 0 fully saturated rings. The van der Waals surface area contributed by atoms with Crippen molar-refractivity contribution in [3.8, 4) is 0 Å². The van der Waals surface area contributed by atoms with E-state index in [-0.39, 0.29) is 5.78 Å². The van der Waals surface area contributed by atoms with Gasteiger partial charge in [-0.15, -0.1) is 11.3 Å². The Kier molecular flexibility index (Phi) is 4.08. The zero-order valence-electron chi connectivity index (χ0n) is 8.76. The van der Waals surface area contributed by atoms with Gasteiger partial charge in [-0.3, -0.25) is 4.79 Å². The second kappa shape index (κ2) is 5.22. The number of hydrogen-bond donors (Lipinski definition) is 0. The molecule has 2 rings (SSSR count). The van der Waals surface area contributed by atoms with E-state index in [1.165, 1.54) is 11.3 Å². The van der Waals surface area contributed by atoms with Crippen LogP contribution in [-0.2, 0) is 0 Å². The Morgan fingerprint density at radius 2 is 2.00 bits per heavy atom. The largest absolute Gasteiger partial charge is 0.288 e. The topological polar surface area (TPSA) is 17.1 Å². The Morgan fingerprint density at radius 1 is 1.29 bits per heavy atom. The molecule has 1 nitrogen and oxygen atoms in total. The van der Waals surface area contributed by atoms with Gasteiger partial charge in [0.2, 0.25) is 5.78 Å². The molecule has 1 heterocycles. The zero-order valence-corrected chi connectivity index (χ0v) is 13.5. The van der Waals surface area contributed by atoms with Gasteiger partial charge in [0.1, 0.15) is 0 Å². The molecule has 5 heteroatoms. The summed E-state index contributed by atoms with van der Waals surface area (Å²) >= 11 is 14.1. The van der Waals surface area contributed by atoms with E-state index in [0.29, 0.717) is 15.5 Å². The SMILES string of the molecule is Cc1ccc(Cl)cc1C(=O)c1cc(Br)c(Br)s1. The van der Waals surface area contributed by atoms with Crippen molar-refractivity contribution in [3.63, 3.8) is 0 Å². The van der Waals surface area contributed by atoms with Crippen LogP contribution in [0.25, 0.3) is 0 Å². The molecule has 0 amide bonds. The highest BCUT2D eigenvalue weighted by atomic mass is 79.9. The van der Waals surface area contributed by atoms with Crippen LogP contribution in [0.5, 0.6) is 0 Å². The molecule has 0 saturated heterocycles. The predicted molar refractivity (Wildman–Crippen MR) is 79.3 cm³/mol. The maximum Gasteiger partial charge on any atom is 0.203 e. The highest BCUT2D eigenvalue weighted by Gasteiger charge is 2.16. The zero-order chi connectivity index (χ0) is 12.6. The van der Waals surface area contributed by atoms with Crippen LogP contribution in [0.15, 0.2) is 32.5 Å². The predicted octanol–water partition coefficient (Wildman–Crippen LogP) is 5.47. The van der Waals surface area contributed by atoms with Gasteiger partial charge in [-0.1, -0.05) is 17.7 Å². The highest BCUT2D eigenvalue weighted by Crippen LogP contribution is 2.34. The number of rotatable bonds is 2. The number of carbonyl (C=O) groups is 1. The lowest BCUT2D eigenvalue weighted by Crippen LogP contribution is -2.01. The summed E-state index contributed by atoms with van der Waals surface area (Å²) in [5.41, 5.74) is 1.58. The summed E-state index contributed by atoms with van der Waals surface area (Å²) in [6, 6.07) is 7.17. The van der Waals surface area contributed by atoms with Crippen LogP contribution in [-0.4, -0.2) is 5.78 Å². The summed E-state index contributed by atoms with van der Waals surface area (Å²) in [5, 5.41) is 0.577. The van der Waals surface area contributed by atoms with E-state index in [1.807, 2.05) is 19.1 Å². The van der Waals surface area contributed by atoms with Crippen LogP contribution < -0.4 is 0 Å². The van der Waals surface area contributed by atoms with E-state index in [0.717, 1.165) is 13.8 Å². The normalized spacial score (nSPS) is 10.6. The quantitative estimate of drug-likeness (QED) is 0.618. The number of aryl methyl sites for hydroxylation is 1. The standard InChI is InChI=1S/C12H7Br2ClOS/c1-6-2-3-7(15)4-8(6)11(16)10-5-9(13)12(14)17-10/h2-5H,1H3. The molecule has 0 aliphatic carbocycles. The minimum absolute atomic E-state index is 0.00130. The summed E-state index contributed by atoms with van der Waals surface area (Å²) in [6.45, 7) is 1.90. The van der Waals surface area contributed by atoms with Crippen molar-refractivity contribution in [1.29, 1.82) is 0 Å². The smallest absolute Gasteiger partial charge is 0.203 e. The third-order valence-electron chi connectivity index (χ3n) is 2.31. The lowest BCUT2D eigenvalue weighted by Gasteiger charge is -2.03. The Balaban J connectivity index is 2.47. The molecule has 0 unspecified atom stereocenters. The molecule has 0 atom stereocenters. The Morgan fingerprint density at radius 3 is 2.59 bits per heavy atom. The minimum Gasteiger partial charge on any atom is -0.288 e. The molecule has 0 radical (unpaired) electrons. The second-order valence-electron chi connectivity index (χ2n) is 3.52. The minimum atomic E-state index is 0.00130. The number of halogens is 3. The van der Waals surface area contributed by atoms with Gasteiger partial charge in [-0.25, -0.2) is 0 Å². The molecule has 88 valence electrons. The summed E-state index contributed by atoms with van der Waals surface area (Å²) in [4.78, 5) is 13.0. The third-order valence-corrected chi connectivity index (χ3v) is 5.80. The monoisotopic (exact) mass is 392 g/mol. The first-order valence-electron chi connectivity index (χ1n) is 4.74. The molecule has 1 aromatic carbocycles. The fraction of sp³-hybridized carbons (Fsp3) is 0.0833. The first kappa shape index (κ1) is 13.3. The van der Waals surface area contributed by atoms with Crippen molar-refractivity contribution in [2.45, 2.75) is 6.92 Å². The molecule has 0 spiro atoms. The van der Waals surface area contributed by atoms with Crippen molar-refractivity contribution < 1.29 is 4.79 Å². The Bertz CT molecular complexity index is 573. The highest BCUT2D eigenvalue weighted by molar-refractivity contribution is 9.13. The molecule has 0 aliphatic rings. The maximum atomic E-state index is 12.3. The van der Waals surface area contributed by atoms with Crippen LogP contribution in [0.1, 0.15) is 20.8 Å². The van der Waals surface area contributed by atoms with Crippen LogP contribution in [0.3, 0.4) is 0 Å². The first-order chi connectivity index (χ1) is 7.99. The van der Waals surface area contributed by atoms with Crippen LogP contribution in [0.2, 0.25) is 5.02 Å². The summed E-state index contributed by atoms with van der Waals surface area (Å²) in [5.74, 6) is 0.00130. The lowest BCUT2D eigenvalue weighted by atomic mass is 10.0. The molecular formula is C12H7Br2ClOS. The molecule has 2 aromatic rings. The van der Waals surface area contributed by atoms with Gasteiger partial charge < -0.3 is 0 Å². The fourth-order valence-corrected chi connectivity index (χ4v) is 3.59. The summed E-state index contributed by atoms with van der Waals surface area (Å²) in [7, 11) is 0. The van der Waals surface area contributed by atoms with Gasteiger partial charge in [-0.2, -0.15) is 0 Å². The van der Waals surface area contributed by atoms with Crippen molar-refractivity contribution in [2.24, 2.45) is 0 Å². The van der Waals surface area contributed by atoms with Crippen molar-refractivity contribution in [3.05, 3.63) is 53.6 Å².